The second kappa shape index (κ2) is 9.13. The van der Waals surface area contributed by atoms with Crippen LogP contribution in [-0.4, -0.2) is 35.7 Å². The van der Waals surface area contributed by atoms with Crippen LogP contribution in [0.1, 0.15) is 11.5 Å². The molecule has 0 aliphatic carbocycles. The summed E-state index contributed by atoms with van der Waals surface area (Å²) >= 11 is 0. The van der Waals surface area contributed by atoms with Crippen molar-refractivity contribution in [2.75, 3.05) is 5.73 Å². The molecule has 0 saturated carbocycles. The van der Waals surface area contributed by atoms with Crippen LogP contribution >= 0.6 is 0 Å². The molecule has 0 radical (unpaired) electrons. The van der Waals surface area contributed by atoms with Gasteiger partial charge in [-0.1, -0.05) is 0 Å². The molecule has 0 aliphatic rings. The minimum absolute atomic E-state index is 0.00159. The summed E-state index contributed by atoms with van der Waals surface area (Å²) in [6.07, 6.45) is 3.04. The molecule has 4 heterocycles. The van der Waals surface area contributed by atoms with Gasteiger partial charge in [-0.05, 0) is 42.5 Å². The first-order valence-corrected chi connectivity index (χ1v) is 10.7. The zero-order chi connectivity index (χ0) is 25.4. The van der Waals surface area contributed by atoms with E-state index in [0.29, 0.717) is 28.0 Å². The van der Waals surface area contributed by atoms with Gasteiger partial charge in [0.1, 0.15) is 11.6 Å². The third-order valence-electron chi connectivity index (χ3n) is 5.44. The van der Waals surface area contributed by atoms with E-state index in [1.54, 1.807) is 31.4 Å². The Labute approximate surface area is 201 Å². The molecule has 0 amide bonds. The smallest absolute Gasteiger partial charge is 0.387 e. The third-order valence-corrected chi connectivity index (χ3v) is 5.44. The normalized spacial score (nSPS) is 11.4. The molecule has 0 saturated heterocycles. The highest BCUT2D eigenvalue weighted by Gasteiger charge is 2.21. The molecule has 0 aliphatic heterocycles. The Morgan fingerprint density at radius 1 is 1.06 bits per heavy atom. The number of rotatable bonds is 6. The predicted octanol–water partition coefficient (Wildman–Crippen LogP) is 3.47. The molecule has 0 spiro atoms. The van der Waals surface area contributed by atoms with Crippen molar-refractivity contribution < 1.29 is 17.9 Å². The van der Waals surface area contributed by atoms with E-state index in [9.17, 15) is 18.0 Å². The molecule has 9 nitrogen and oxygen atoms in total. The standard InChI is InChI=1S/C24H18F3N7O2/c1-33-12-14(6-9-19(33)35)20-21(13-4-7-15(25)8-5-13)31-24(28)34-22(20)30-18(32-34)11-16-17(36-23(26)27)3-2-10-29-16/h2-10,12,23H,11H2,1H3,(H2,28,31). The molecule has 0 bridgehead atoms. The van der Waals surface area contributed by atoms with Crippen molar-refractivity contribution in [1.82, 2.24) is 29.1 Å². The number of alkyl halides is 2. The molecule has 36 heavy (non-hydrogen) atoms. The summed E-state index contributed by atoms with van der Waals surface area (Å²) in [5.74, 6) is -0.286. The summed E-state index contributed by atoms with van der Waals surface area (Å²) in [7, 11) is 1.60. The number of hydrogen-bond donors (Lipinski definition) is 1. The number of nitrogens with two attached hydrogens (primary N) is 1. The minimum atomic E-state index is -3.02. The van der Waals surface area contributed by atoms with Crippen molar-refractivity contribution in [3.05, 3.63) is 88.6 Å². The summed E-state index contributed by atoms with van der Waals surface area (Å²) in [6, 6.07) is 11.6. The fourth-order valence-electron chi connectivity index (χ4n) is 3.81. The number of pyridine rings is 2. The van der Waals surface area contributed by atoms with Gasteiger partial charge in [0, 0.05) is 36.6 Å². The van der Waals surface area contributed by atoms with E-state index in [1.807, 2.05) is 0 Å². The van der Waals surface area contributed by atoms with Gasteiger partial charge < -0.3 is 15.0 Å². The first kappa shape index (κ1) is 23.0. The topological polar surface area (TPSA) is 113 Å². The van der Waals surface area contributed by atoms with Crippen molar-refractivity contribution in [2.45, 2.75) is 13.0 Å². The molecule has 0 fully saturated rings. The molecule has 12 heteroatoms. The van der Waals surface area contributed by atoms with Crippen LogP contribution in [0.5, 0.6) is 5.75 Å². The largest absolute Gasteiger partial charge is 0.433 e. The molecule has 1 aromatic carbocycles. The average molecular weight is 493 g/mol. The minimum Gasteiger partial charge on any atom is -0.433 e. The lowest BCUT2D eigenvalue weighted by molar-refractivity contribution is -0.0506. The van der Waals surface area contributed by atoms with Gasteiger partial charge in [-0.3, -0.25) is 9.78 Å². The molecule has 5 aromatic rings. The van der Waals surface area contributed by atoms with Gasteiger partial charge in [0.05, 0.1) is 23.4 Å². The predicted molar refractivity (Wildman–Crippen MR) is 125 cm³/mol. The van der Waals surface area contributed by atoms with Crippen molar-refractivity contribution >= 4 is 11.6 Å². The highest BCUT2D eigenvalue weighted by Crippen LogP contribution is 2.34. The molecule has 182 valence electrons. The van der Waals surface area contributed by atoms with E-state index in [0.717, 1.165) is 0 Å². The van der Waals surface area contributed by atoms with E-state index in [-0.39, 0.29) is 35.2 Å². The van der Waals surface area contributed by atoms with E-state index in [1.165, 1.54) is 45.6 Å². The monoisotopic (exact) mass is 493 g/mol. The summed E-state index contributed by atoms with van der Waals surface area (Å²) in [6.45, 7) is -3.02. The highest BCUT2D eigenvalue weighted by atomic mass is 19.3. The van der Waals surface area contributed by atoms with Gasteiger partial charge >= 0.3 is 6.61 Å². The van der Waals surface area contributed by atoms with E-state index < -0.39 is 12.4 Å². The SMILES string of the molecule is Cn1cc(-c2c(-c3ccc(F)cc3)nc(N)n3nc(Cc4ncccc4OC(F)F)nc23)ccc1=O. The Hall–Kier alpha value is -4.74. The number of halogens is 3. The van der Waals surface area contributed by atoms with E-state index >= 15 is 0 Å². The number of nitrogens with zero attached hydrogens (tertiary/aromatic N) is 6. The number of fused-ring (bicyclic) bond motifs is 1. The van der Waals surface area contributed by atoms with Crippen LogP contribution in [0, 0.1) is 5.82 Å². The van der Waals surface area contributed by atoms with Crippen LogP contribution in [0.15, 0.2) is 65.7 Å². The summed E-state index contributed by atoms with van der Waals surface area (Å²) < 4.78 is 46.6. The molecule has 2 N–H and O–H groups in total. The molecular formula is C24H18F3N7O2. The summed E-state index contributed by atoms with van der Waals surface area (Å²) in [5, 5.41) is 4.41. The zero-order valence-corrected chi connectivity index (χ0v) is 18.8. The van der Waals surface area contributed by atoms with Gasteiger partial charge in [0.25, 0.3) is 0 Å². The number of nitrogen functional groups attached to an aromatic ring is 1. The van der Waals surface area contributed by atoms with Crippen molar-refractivity contribution in [3.8, 4) is 28.1 Å². The molecule has 0 unspecified atom stereocenters. The highest BCUT2D eigenvalue weighted by molar-refractivity contribution is 5.90. The number of anilines is 1. The maximum atomic E-state index is 13.6. The van der Waals surface area contributed by atoms with Crippen molar-refractivity contribution in [1.29, 1.82) is 0 Å². The Morgan fingerprint density at radius 2 is 1.81 bits per heavy atom. The lowest BCUT2D eigenvalue weighted by Gasteiger charge is -2.12. The van der Waals surface area contributed by atoms with Gasteiger partial charge in [-0.2, -0.15) is 13.3 Å². The summed E-state index contributed by atoms with van der Waals surface area (Å²) in [5.41, 5.74) is 8.56. The molecular weight excluding hydrogens is 475 g/mol. The quantitative estimate of drug-likeness (QED) is 0.385. The van der Waals surface area contributed by atoms with Gasteiger partial charge in [-0.15, -0.1) is 5.10 Å². The lowest BCUT2D eigenvalue weighted by Crippen LogP contribution is -2.14. The second-order valence-electron chi connectivity index (χ2n) is 7.83. The van der Waals surface area contributed by atoms with Crippen LogP contribution < -0.4 is 16.0 Å². The number of hydrogen-bond acceptors (Lipinski definition) is 7. The lowest BCUT2D eigenvalue weighted by atomic mass is 10.0. The first-order valence-electron chi connectivity index (χ1n) is 10.7. The second-order valence-corrected chi connectivity index (χ2v) is 7.83. The van der Waals surface area contributed by atoms with Gasteiger partial charge in [-0.25, -0.2) is 14.4 Å². The van der Waals surface area contributed by atoms with Crippen LogP contribution in [-0.2, 0) is 13.5 Å². The first-order chi connectivity index (χ1) is 17.3. The van der Waals surface area contributed by atoms with Gasteiger partial charge in [0.2, 0.25) is 11.5 Å². The Bertz CT molecular complexity index is 1630. The third kappa shape index (κ3) is 4.35. The average Bonchev–Trinajstić information content (AvgIpc) is 3.26. The molecule has 4 aromatic heterocycles. The number of aromatic nitrogens is 6. The van der Waals surface area contributed by atoms with E-state index in [4.69, 9.17) is 5.73 Å². The maximum absolute atomic E-state index is 13.6. The Morgan fingerprint density at radius 3 is 2.53 bits per heavy atom. The summed E-state index contributed by atoms with van der Waals surface area (Å²) in [4.78, 5) is 25.2. The van der Waals surface area contributed by atoms with Crippen LogP contribution in [0.3, 0.4) is 0 Å². The van der Waals surface area contributed by atoms with E-state index in [2.05, 4.69) is 24.8 Å². The van der Waals surface area contributed by atoms with Gasteiger partial charge in [0.15, 0.2) is 11.5 Å². The number of aryl methyl sites for hydroxylation is 1. The Balaban J connectivity index is 1.71. The Kier molecular flexibility index (Phi) is 5.84. The van der Waals surface area contributed by atoms with Crippen LogP contribution in [0.25, 0.3) is 28.0 Å². The van der Waals surface area contributed by atoms with Crippen molar-refractivity contribution in [2.24, 2.45) is 7.05 Å². The number of ether oxygens (including phenoxy) is 1. The molecule has 5 rings (SSSR count). The van der Waals surface area contributed by atoms with Crippen LogP contribution in [0.2, 0.25) is 0 Å². The van der Waals surface area contributed by atoms with Crippen LogP contribution in [0.4, 0.5) is 19.1 Å². The zero-order valence-electron chi connectivity index (χ0n) is 18.8. The fourth-order valence-corrected chi connectivity index (χ4v) is 3.81. The fraction of sp³-hybridized carbons (Fsp3) is 0.125. The number of benzene rings is 1. The van der Waals surface area contributed by atoms with Crippen molar-refractivity contribution in [3.63, 3.8) is 0 Å². The molecule has 0 atom stereocenters. The maximum Gasteiger partial charge on any atom is 0.387 e.